The van der Waals surface area contributed by atoms with E-state index in [1.54, 1.807) is 26.0 Å². The number of sulfonamides is 1. The molecule has 140 valence electrons. The standard InChI is InChI=1S/C20H26N2O3S/c1-6-22(26(24,25)19-12-14(2)7-8-17(19)5)13-20(23)21-18-10-15(3)9-16(4)11-18/h7-12H,6,13H2,1-5H3,(H,21,23). The number of carbonyl (C=O) groups is 1. The maximum atomic E-state index is 13.0. The molecule has 1 amide bonds. The summed E-state index contributed by atoms with van der Waals surface area (Å²) >= 11 is 0. The number of hydrogen-bond donors (Lipinski definition) is 1. The van der Waals surface area contributed by atoms with Gasteiger partial charge < -0.3 is 5.32 Å². The Morgan fingerprint density at radius 1 is 0.962 bits per heavy atom. The van der Waals surface area contributed by atoms with E-state index in [0.29, 0.717) is 11.3 Å². The molecule has 6 heteroatoms. The van der Waals surface area contributed by atoms with Crippen molar-refractivity contribution in [2.24, 2.45) is 0 Å². The highest BCUT2D eigenvalue weighted by Crippen LogP contribution is 2.21. The molecule has 2 aromatic rings. The summed E-state index contributed by atoms with van der Waals surface area (Å²) in [6.07, 6.45) is 0. The highest BCUT2D eigenvalue weighted by molar-refractivity contribution is 7.89. The van der Waals surface area contributed by atoms with Gasteiger partial charge in [0, 0.05) is 12.2 Å². The average Bonchev–Trinajstić information content (AvgIpc) is 2.53. The second-order valence-corrected chi connectivity index (χ2v) is 8.53. The van der Waals surface area contributed by atoms with Gasteiger partial charge >= 0.3 is 0 Å². The zero-order valence-corrected chi connectivity index (χ0v) is 16.8. The monoisotopic (exact) mass is 374 g/mol. The van der Waals surface area contributed by atoms with E-state index in [1.807, 2.05) is 45.0 Å². The van der Waals surface area contributed by atoms with Gasteiger partial charge in [-0.2, -0.15) is 4.31 Å². The van der Waals surface area contributed by atoms with E-state index in [2.05, 4.69) is 5.32 Å². The lowest BCUT2D eigenvalue weighted by molar-refractivity contribution is -0.116. The van der Waals surface area contributed by atoms with Crippen molar-refractivity contribution in [1.82, 2.24) is 4.31 Å². The summed E-state index contributed by atoms with van der Waals surface area (Å²) in [5.74, 6) is -0.356. The van der Waals surface area contributed by atoms with Crippen LogP contribution in [0.3, 0.4) is 0 Å². The molecule has 26 heavy (non-hydrogen) atoms. The van der Waals surface area contributed by atoms with Gasteiger partial charge in [0.2, 0.25) is 15.9 Å². The van der Waals surface area contributed by atoms with Gasteiger partial charge in [-0.3, -0.25) is 4.79 Å². The molecule has 0 aliphatic heterocycles. The molecule has 1 N–H and O–H groups in total. The SMILES string of the molecule is CCN(CC(=O)Nc1cc(C)cc(C)c1)S(=O)(=O)c1cc(C)ccc1C. The first-order chi connectivity index (χ1) is 12.1. The number of carbonyl (C=O) groups excluding carboxylic acids is 1. The lowest BCUT2D eigenvalue weighted by Crippen LogP contribution is -2.38. The van der Waals surface area contributed by atoms with E-state index in [9.17, 15) is 13.2 Å². The maximum absolute atomic E-state index is 13.0. The summed E-state index contributed by atoms with van der Waals surface area (Å²) < 4.78 is 27.2. The summed E-state index contributed by atoms with van der Waals surface area (Å²) in [4.78, 5) is 12.7. The third-order valence-corrected chi connectivity index (χ3v) is 6.20. The molecule has 0 saturated carbocycles. The first kappa shape index (κ1) is 20.1. The fourth-order valence-electron chi connectivity index (χ4n) is 2.90. The molecular formula is C20H26N2O3S. The molecule has 0 radical (unpaired) electrons. The number of aryl methyl sites for hydroxylation is 4. The highest BCUT2D eigenvalue weighted by atomic mass is 32.2. The maximum Gasteiger partial charge on any atom is 0.243 e. The Morgan fingerprint density at radius 2 is 1.58 bits per heavy atom. The van der Waals surface area contributed by atoms with Crippen LogP contribution in [0.25, 0.3) is 0 Å². The van der Waals surface area contributed by atoms with E-state index >= 15 is 0 Å². The van der Waals surface area contributed by atoms with Gasteiger partial charge in [0.1, 0.15) is 0 Å². The molecule has 0 spiro atoms. The van der Waals surface area contributed by atoms with Crippen molar-refractivity contribution in [2.75, 3.05) is 18.4 Å². The molecule has 0 aromatic heterocycles. The number of nitrogens with zero attached hydrogens (tertiary/aromatic N) is 1. The molecule has 5 nitrogen and oxygen atoms in total. The fourth-order valence-corrected chi connectivity index (χ4v) is 4.61. The molecule has 0 aliphatic carbocycles. The van der Waals surface area contributed by atoms with Crippen molar-refractivity contribution in [2.45, 2.75) is 39.5 Å². The van der Waals surface area contributed by atoms with Crippen LogP contribution in [0, 0.1) is 27.7 Å². The van der Waals surface area contributed by atoms with Gasteiger partial charge in [-0.05, 0) is 68.1 Å². The number of anilines is 1. The Morgan fingerprint density at radius 3 is 2.15 bits per heavy atom. The summed E-state index contributed by atoms with van der Waals surface area (Å²) in [7, 11) is -3.74. The predicted octanol–water partition coefficient (Wildman–Crippen LogP) is 3.57. The van der Waals surface area contributed by atoms with Gasteiger partial charge in [0.15, 0.2) is 0 Å². The van der Waals surface area contributed by atoms with E-state index in [-0.39, 0.29) is 23.9 Å². The highest BCUT2D eigenvalue weighted by Gasteiger charge is 2.26. The third-order valence-electron chi connectivity index (χ3n) is 4.14. The average molecular weight is 375 g/mol. The summed E-state index contributed by atoms with van der Waals surface area (Å²) in [5, 5.41) is 2.79. The number of rotatable bonds is 6. The van der Waals surface area contributed by atoms with Crippen LogP contribution in [0.5, 0.6) is 0 Å². The van der Waals surface area contributed by atoms with Crippen molar-refractivity contribution in [1.29, 1.82) is 0 Å². The van der Waals surface area contributed by atoms with E-state index in [4.69, 9.17) is 0 Å². The summed E-state index contributed by atoms with van der Waals surface area (Å²) in [6, 6.07) is 11.0. The Hall–Kier alpha value is -2.18. The minimum Gasteiger partial charge on any atom is -0.325 e. The smallest absolute Gasteiger partial charge is 0.243 e. The lowest BCUT2D eigenvalue weighted by atomic mass is 10.1. The van der Waals surface area contributed by atoms with Crippen molar-refractivity contribution in [3.8, 4) is 0 Å². The Kier molecular flexibility index (Phi) is 6.21. The summed E-state index contributed by atoms with van der Waals surface area (Å²) in [5.41, 5.74) is 4.28. The number of benzene rings is 2. The fraction of sp³-hybridized carbons (Fsp3) is 0.350. The van der Waals surface area contributed by atoms with Gasteiger partial charge in [-0.1, -0.05) is 25.1 Å². The lowest BCUT2D eigenvalue weighted by Gasteiger charge is -2.21. The molecule has 0 bridgehead atoms. The topological polar surface area (TPSA) is 66.5 Å². The summed E-state index contributed by atoms with van der Waals surface area (Å²) in [6.45, 7) is 9.23. The Bertz CT molecular complexity index is 900. The van der Waals surface area contributed by atoms with Crippen molar-refractivity contribution < 1.29 is 13.2 Å². The minimum absolute atomic E-state index is 0.218. The van der Waals surface area contributed by atoms with Crippen LogP contribution in [0.4, 0.5) is 5.69 Å². The number of nitrogens with one attached hydrogen (secondary N) is 1. The molecule has 2 rings (SSSR count). The third kappa shape index (κ3) is 4.71. The minimum atomic E-state index is -3.74. The molecule has 2 aromatic carbocycles. The largest absolute Gasteiger partial charge is 0.325 e. The molecule has 0 fully saturated rings. The number of likely N-dealkylation sites (N-methyl/N-ethyl adjacent to an activating group) is 1. The van der Waals surface area contributed by atoms with Crippen molar-refractivity contribution in [3.63, 3.8) is 0 Å². The molecule has 0 unspecified atom stereocenters. The second kappa shape index (κ2) is 8.01. The predicted molar refractivity (Wildman–Crippen MR) is 105 cm³/mol. The van der Waals surface area contributed by atoms with Crippen LogP contribution in [0.15, 0.2) is 41.3 Å². The number of hydrogen-bond acceptors (Lipinski definition) is 3. The van der Waals surface area contributed by atoms with Crippen LogP contribution in [0.1, 0.15) is 29.2 Å². The van der Waals surface area contributed by atoms with E-state index in [0.717, 1.165) is 16.7 Å². The molecule has 0 heterocycles. The zero-order chi connectivity index (χ0) is 19.5. The first-order valence-corrected chi connectivity index (χ1v) is 10.0. The van der Waals surface area contributed by atoms with Crippen LogP contribution in [0.2, 0.25) is 0 Å². The van der Waals surface area contributed by atoms with Crippen LogP contribution < -0.4 is 5.32 Å². The normalized spacial score (nSPS) is 11.6. The zero-order valence-electron chi connectivity index (χ0n) is 16.0. The van der Waals surface area contributed by atoms with Gasteiger partial charge in [-0.25, -0.2) is 8.42 Å². The second-order valence-electron chi connectivity index (χ2n) is 6.62. The van der Waals surface area contributed by atoms with E-state index < -0.39 is 10.0 Å². The molecule has 0 aliphatic rings. The molecular weight excluding hydrogens is 348 g/mol. The Balaban J connectivity index is 2.22. The quantitative estimate of drug-likeness (QED) is 0.840. The van der Waals surface area contributed by atoms with Crippen LogP contribution in [-0.2, 0) is 14.8 Å². The first-order valence-electron chi connectivity index (χ1n) is 8.59. The van der Waals surface area contributed by atoms with Gasteiger partial charge in [0.05, 0.1) is 11.4 Å². The van der Waals surface area contributed by atoms with Crippen LogP contribution >= 0.6 is 0 Å². The molecule has 0 atom stereocenters. The number of amides is 1. The van der Waals surface area contributed by atoms with Gasteiger partial charge in [0.25, 0.3) is 0 Å². The van der Waals surface area contributed by atoms with Crippen molar-refractivity contribution >= 4 is 21.6 Å². The van der Waals surface area contributed by atoms with Gasteiger partial charge in [-0.15, -0.1) is 0 Å². The Labute approximate surface area is 156 Å². The molecule has 0 saturated heterocycles. The van der Waals surface area contributed by atoms with Crippen molar-refractivity contribution in [3.05, 3.63) is 58.7 Å². The van der Waals surface area contributed by atoms with E-state index in [1.165, 1.54) is 4.31 Å². The van der Waals surface area contributed by atoms with Crippen LogP contribution in [-0.4, -0.2) is 31.7 Å².